The van der Waals surface area contributed by atoms with Gasteiger partial charge in [-0.05, 0) is 44.4 Å². The molecule has 1 heterocycles. The Kier molecular flexibility index (Phi) is 12.6. The lowest BCUT2D eigenvalue weighted by molar-refractivity contribution is 0.0506. The second-order valence-corrected chi connectivity index (χ2v) is 5.54. The minimum atomic E-state index is -0.417. The average molecular weight is 332 g/mol. The van der Waals surface area contributed by atoms with Crippen LogP contribution >= 0.6 is 0 Å². The number of nitrogens with two attached hydrogens (primary N) is 1. The summed E-state index contributed by atoms with van der Waals surface area (Å²) in [5.41, 5.74) is 6.46. The largest absolute Gasteiger partial charge is 0.375 e. The van der Waals surface area contributed by atoms with Gasteiger partial charge in [0.15, 0.2) is 0 Å². The third-order valence-electron chi connectivity index (χ3n) is 3.49. The molecule has 0 aliphatic carbocycles. The van der Waals surface area contributed by atoms with E-state index in [2.05, 4.69) is 25.7 Å². The van der Waals surface area contributed by atoms with Gasteiger partial charge in [0.2, 0.25) is 5.91 Å². The number of ether oxygens (including phenoxy) is 1. The van der Waals surface area contributed by atoms with Gasteiger partial charge in [-0.15, -0.1) is 0 Å². The van der Waals surface area contributed by atoms with E-state index in [0.717, 1.165) is 12.0 Å². The van der Waals surface area contributed by atoms with Gasteiger partial charge in [-0.25, -0.2) is 0 Å². The van der Waals surface area contributed by atoms with E-state index < -0.39 is 5.91 Å². The maximum absolute atomic E-state index is 10.8. The summed E-state index contributed by atoms with van der Waals surface area (Å²) >= 11 is 0. The zero-order chi connectivity index (χ0) is 18.4. The van der Waals surface area contributed by atoms with E-state index in [9.17, 15) is 4.79 Å². The molecule has 134 valence electrons. The first kappa shape index (κ1) is 22.2. The highest BCUT2D eigenvalue weighted by Crippen LogP contribution is 2.21. The third kappa shape index (κ3) is 9.37. The molecule has 1 aromatic rings. The molecule has 1 amide bonds. The van der Waals surface area contributed by atoms with Crippen LogP contribution in [0.5, 0.6) is 0 Å². The van der Waals surface area contributed by atoms with Crippen molar-refractivity contribution in [2.75, 3.05) is 0 Å². The fourth-order valence-electron chi connectivity index (χ4n) is 2.36. The predicted molar refractivity (Wildman–Crippen MR) is 102 cm³/mol. The Bertz CT molecular complexity index is 526. The van der Waals surface area contributed by atoms with Crippen LogP contribution in [-0.4, -0.2) is 18.1 Å². The number of benzene rings is 1. The summed E-state index contributed by atoms with van der Waals surface area (Å²) in [6.07, 6.45) is 6.99. The molecule has 1 aliphatic heterocycles. The standard InChI is InChI=1S/C11H11NO.C8H16O.C2H6/c1-2-3-5-9-6-4-7-10(8-9)11(12)13;1-3-4-8-6-5-7(2)9-8;1-2/h4,6-8H,2H2,1H3,(H2,12,13);7-8H,3-6H2,1-2H3;1-2H3. The van der Waals surface area contributed by atoms with Crippen molar-refractivity contribution in [2.24, 2.45) is 5.73 Å². The van der Waals surface area contributed by atoms with Crippen LogP contribution < -0.4 is 5.73 Å². The Labute approximate surface area is 148 Å². The Balaban J connectivity index is 0.000000420. The lowest BCUT2D eigenvalue weighted by Gasteiger charge is -2.07. The van der Waals surface area contributed by atoms with Crippen molar-refractivity contribution < 1.29 is 9.53 Å². The van der Waals surface area contributed by atoms with Crippen molar-refractivity contribution in [1.29, 1.82) is 0 Å². The average Bonchev–Trinajstić information content (AvgIpc) is 3.01. The molecule has 1 fully saturated rings. The molecule has 1 saturated heterocycles. The molecule has 2 atom stereocenters. The lowest BCUT2D eigenvalue weighted by Crippen LogP contribution is -2.10. The zero-order valence-electron chi connectivity index (χ0n) is 15.9. The summed E-state index contributed by atoms with van der Waals surface area (Å²) in [4.78, 5) is 10.8. The van der Waals surface area contributed by atoms with Crippen molar-refractivity contribution in [3.8, 4) is 11.8 Å². The first-order valence-corrected chi connectivity index (χ1v) is 9.11. The smallest absolute Gasteiger partial charge is 0.248 e. The Morgan fingerprint density at radius 3 is 2.50 bits per heavy atom. The van der Waals surface area contributed by atoms with Gasteiger partial charge < -0.3 is 10.5 Å². The number of hydrogen-bond acceptors (Lipinski definition) is 2. The summed E-state index contributed by atoms with van der Waals surface area (Å²) in [6.45, 7) is 10.4. The quantitative estimate of drug-likeness (QED) is 0.799. The number of hydrogen-bond donors (Lipinski definition) is 1. The molecule has 0 spiro atoms. The molecule has 3 heteroatoms. The Morgan fingerprint density at radius 2 is 2.00 bits per heavy atom. The topological polar surface area (TPSA) is 52.3 Å². The first-order valence-electron chi connectivity index (χ1n) is 9.11. The predicted octanol–water partition coefficient (Wildman–Crippen LogP) is 4.93. The molecule has 2 rings (SSSR count). The molecule has 1 aliphatic rings. The summed E-state index contributed by atoms with van der Waals surface area (Å²) < 4.78 is 5.60. The number of carbonyl (C=O) groups is 1. The second kappa shape index (κ2) is 13.6. The monoisotopic (exact) mass is 331 g/mol. The molecule has 2 N–H and O–H groups in total. The molecule has 0 bridgehead atoms. The van der Waals surface area contributed by atoms with Crippen molar-refractivity contribution in [2.45, 2.75) is 78.9 Å². The van der Waals surface area contributed by atoms with Gasteiger partial charge in [0.1, 0.15) is 0 Å². The minimum Gasteiger partial charge on any atom is -0.375 e. The first-order chi connectivity index (χ1) is 11.6. The highest BCUT2D eigenvalue weighted by molar-refractivity contribution is 5.93. The van der Waals surface area contributed by atoms with Gasteiger partial charge in [0.05, 0.1) is 12.2 Å². The molecule has 0 radical (unpaired) electrons. The van der Waals surface area contributed by atoms with Crippen LogP contribution in [0.3, 0.4) is 0 Å². The van der Waals surface area contributed by atoms with Crippen LogP contribution in [-0.2, 0) is 4.74 Å². The van der Waals surface area contributed by atoms with E-state index in [0.29, 0.717) is 17.8 Å². The number of carbonyl (C=O) groups excluding carboxylic acids is 1. The van der Waals surface area contributed by atoms with Crippen molar-refractivity contribution >= 4 is 5.91 Å². The summed E-state index contributed by atoms with van der Waals surface area (Å²) in [7, 11) is 0. The maximum atomic E-state index is 10.8. The summed E-state index contributed by atoms with van der Waals surface area (Å²) in [5.74, 6) is 5.44. The van der Waals surface area contributed by atoms with E-state index in [4.69, 9.17) is 10.5 Å². The van der Waals surface area contributed by atoms with Crippen LogP contribution in [0.15, 0.2) is 24.3 Å². The van der Waals surface area contributed by atoms with Crippen LogP contribution in [0.25, 0.3) is 0 Å². The highest BCUT2D eigenvalue weighted by Gasteiger charge is 2.19. The van der Waals surface area contributed by atoms with Gasteiger partial charge in [-0.1, -0.05) is 52.0 Å². The van der Waals surface area contributed by atoms with Crippen molar-refractivity contribution in [1.82, 2.24) is 0 Å². The number of primary amides is 1. The Morgan fingerprint density at radius 1 is 1.29 bits per heavy atom. The molecule has 1 aromatic carbocycles. The van der Waals surface area contributed by atoms with E-state index >= 15 is 0 Å². The van der Waals surface area contributed by atoms with Gasteiger partial charge in [0, 0.05) is 17.5 Å². The zero-order valence-corrected chi connectivity index (χ0v) is 15.9. The fraction of sp³-hybridized carbons (Fsp3) is 0.571. The number of amides is 1. The fourth-order valence-corrected chi connectivity index (χ4v) is 2.36. The molecular weight excluding hydrogens is 298 g/mol. The van der Waals surface area contributed by atoms with E-state index in [1.165, 1.54) is 25.7 Å². The molecule has 0 saturated carbocycles. The van der Waals surface area contributed by atoms with E-state index in [-0.39, 0.29) is 0 Å². The number of rotatable bonds is 3. The van der Waals surface area contributed by atoms with Crippen LogP contribution in [0, 0.1) is 11.8 Å². The van der Waals surface area contributed by atoms with Gasteiger partial charge in [-0.2, -0.15) is 0 Å². The maximum Gasteiger partial charge on any atom is 0.248 e. The Hall–Kier alpha value is -1.79. The molecular formula is C21H33NO2. The van der Waals surface area contributed by atoms with E-state index in [1.807, 2.05) is 26.8 Å². The van der Waals surface area contributed by atoms with Crippen LogP contribution in [0.1, 0.15) is 82.6 Å². The normalized spacial score (nSPS) is 18.2. The van der Waals surface area contributed by atoms with Crippen molar-refractivity contribution in [3.05, 3.63) is 35.4 Å². The molecule has 2 unspecified atom stereocenters. The van der Waals surface area contributed by atoms with Crippen LogP contribution in [0.2, 0.25) is 0 Å². The highest BCUT2D eigenvalue weighted by atomic mass is 16.5. The van der Waals surface area contributed by atoms with Gasteiger partial charge in [-0.3, -0.25) is 4.79 Å². The SMILES string of the molecule is CC.CCC#Cc1cccc(C(N)=O)c1.CCCC1CCC(C)O1. The molecule has 3 nitrogen and oxygen atoms in total. The van der Waals surface area contributed by atoms with Crippen LogP contribution in [0.4, 0.5) is 0 Å². The summed E-state index contributed by atoms with van der Waals surface area (Å²) in [6, 6.07) is 7.01. The third-order valence-corrected chi connectivity index (χ3v) is 3.49. The van der Waals surface area contributed by atoms with Crippen molar-refractivity contribution in [3.63, 3.8) is 0 Å². The van der Waals surface area contributed by atoms with E-state index in [1.54, 1.807) is 18.2 Å². The van der Waals surface area contributed by atoms with Gasteiger partial charge >= 0.3 is 0 Å². The molecule has 0 aromatic heterocycles. The molecule has 24 heavy (non-hydrogen) atoms. The lowest BCUT2D eigenvalue weighted by atomic mass is 10.1. The summed E-state index contributed by atoms with van der Waals surface area (Å²) in [5, 5.41) is 0. The second-order valence-electron chi connectivity index (χ2n) is 5.54. The van der Waals surface area contributed by atoms with Gasteiger partial charge in [0.25, 0.3) is 0 Å². The minimum absolute atomic E-state index is 0.417.